The van der Waals surface area contributed by atoms with Gasteiger partial charge in [-0.2, -0.15) is 0 Å². The maximum absolute atomic E-state index is 11.1. The summed E-state index contributed by atoms with van der Waals surface area (Å²) in [5.74, 6) is 0. The van der Waals surface area contributed by atoms with Gasteiger partial charge in [0.25, 0.3) is 0 Å². The van der Waals surface area contributed by atoms with Crippen LogP contribution < -0.4 is 0 Å². The van der Waals surface area contributed by atoms with E-state index in [1.807, 2.05) is 36.7 Å². The number of hydrogen-bond donors (Lipinski definition) is 0. The number of aromatic nitrogens is 4. The monoisotopic (exact) mass is 466 g/mol. The summed E-state index contributed by atoms with van der Waals surface area (Å²) < 4.78 is 2.15. The van der Waals surface area contributed by atoms with Gasteiger partial charge >= 0.3 is 0 Å². The van der Waals surface area contributed by atoms with Crippen LogP contribution in [0.3, 0.4) is 0 Å². The second-order valence-electron chi connectivity index (χ2n) is 8.56. The van der Waals surface area contributed by atoms with Crippen molar-refractivity contribution in [2.24, 2.45) is 0 Å². The van der Waals surface area contributed by atoms with E-state index in [0.29, 0.717) is 11.1 Å². The highest BCUT2D eigenvalue weighted by Gasteiger charge is 2.40. The predicted molar refractivity (Wildman–Crippen MR) is 141 cm³/mol. The summed E-state index contributed by atoms with van der Waals surface area (Å²) in [6.07, 6.45) is 4.27. The molecule has 0 saturated carbocycles. The van der Waals surface area contributed by atoms with Gasteiger partial charge in [-0.05, 0) is 16.7 Å². The van der Waals surface area contributed by atoms with Crippen molar-refractivity contribution in [3.8, 4) is 11.3 Å². The number of carbonyl (C=O) groups excluding carboxylic acids is 1. The van der Waals surface area contributed by atoms with Crippen molar-refractivity contribution >= 4 is 17.5 Å². The van der Waals surface area contributed by atoms with Crippen molar-refractivity contribution < 1.29 is 4.79 Å². The first kappa shape index (κ1) is 21.6. The Morgan fingerprint density at radius 2 is 1.14 bits per heavy atom. The van der Waals surface area contributed by atoms with Crippen LogP contribution in [0.2, 0.25) is 0 Å². The number of benzene rings is 4. The van der Waals surface area contributed by atoms with Gasteiger partial charge in [0.2, 0.25) is 0 Å². The number of imidazole rings is 1. The molecular weight excluding hydrogens is 444 g/mol. The zero-order valence-electron chi connectivity index (χ0n) is 19.4. The number of nitrogens with zero attached hydrogens (tertiary/aromatic N) is 4. The standard InChI is InChI=1S/C31H22N4O/c36-20-23-16-18-24(19-17-23)28-29-30(33-21-32-28)35(22-34-29)31(25-10-4-1-5-11-25,26-12-6-2-7-13-26)27-14-8-3-9-15-27/h1-22H. The van der Waals surface area contributed by atoms with Gasteiger partial charge in [-0.3, -0.25) is 9.36 Å². The Morgan fingerprint density at radius 3 is 1.64 bits per heavy atom. The number of rotatable bonds is 6. The third-order valence-corrected chi connectivity index (χ3v) is 6.59. The molecule has 0 atom stereocenters. The fourth-order valence-corrected chi connectivity index (χ4v) is 4.97. The van der Waals surface area contributed by atoms with Gasteiger partial charge in [0.15, 0.2) is 5.65 Å². The van der Waals surface area contributed by atoms with Crippen molar-refractivity contribution in [2.45, 2.75) is 5.54 Å². The van der Waals surface area contributed by atoms with Gasteiger partial charge in [0, 0.05) is 11.1 Å². The van der Waals surface area contributed by atoms with E-state index in [2.05, 4.69) is 82.3 Å². The summed E-state index contributed by atoms with van der Waals surface area (Å²) in [4.78, 5) is 25.3. The maximum Gasteiger partial charge on any atom is 0.165 e. The molecule has 0 amide bonds. The maximum atomic E-state index is 11.1. The van der Waals surface area contributed by atoms with E-state index in [-0.39, 0.29) is 0 Å². The molecule has 2 heterocycles. The Kier molecular flexibility index (Phi) is 5.43. The van der Waals surface area contributed by atoms with E-state index in [9.17, 15) is 4.79 Å². The Labute approximate surface area is 208 Å². The van der Waals surface area contributed by atoms with Crippen LogP contribution in [0.5, 0.6) is 0 Å². The fourth-order valence-electron chi connectivity index (χ4n) is 4.97. The molecule has 2 aromatic heterocycles. The first-order valence-electron chi connectivity index (χ1n) is 11.7. The zero-order valence-corrected chi connectivity index (χ0v) is 19.4. The van der Waals surface area contributed by atoms with Crippen LogP contribution in [0, 0.1) is 0 Å². The minimum absolute atomic E-state index is 0.617. The fraction of sp³-hybridized carbons (Fsp3) is 0.0323. The molecule has 0 unspecified atom stereocenters. The molecule has 6 aromatic rings. The van der Waals surface area contributed by atoms with Crippen LogP contribution in [0.1, 0.15) is 27.0 Å². The Hall–Kier alpha value is -4.90. The molecule has 0 aliphatic carbocycles. The van der Waals surface area contributed by atoms with Crippen LogP contribution in [0.4, 0.5) is 0 Å². The summed E-state index contributed by atoms with van der Waals surface area (Å²) in [7, 11) is 0. The van der Waals surface area contributed by atoms with Crippen molar-refractivity contribution in [2.75, 3.05) is 0 Å². The first-order chi connectivity index (χ1) is 17.8. The Balaban J connectivity index is 1.69. The molecule has 6 rings (SSSR count). The molecule has 0 fully saturated rings. The van der Waals surface area contributed by atoms with Crippen LogP contribution in [-0.2, 0) is 5.54 Å². The molecule has 0 saturated heterocycles. The van der Waals surface area contributed by atoms with Crippen LogP contribution in [0.15, 0.2) is 128 Å². The SMILES string of the molecule is O=Cc1ccc(-c2ncnc3c2ncn3C(c2ccccc2)(c2ccccc2)c2ccccc2)cc1. The van der Waals surface area contributed by atoms with E-state index >= 15 is 0 Å². The molecule has 36 heavy (non-hydrogen) atoms. The van der Waals surface area contributed by atoms with E-state index in [1.54, 1.807) is 18.5 Å². The van der Waals surface area contributed by atoms with Gasteiger partial charge in [0.05, 0.1) is 6.33 Å². The molecule has 0 N–H and O–H groups in total. The minimum Gasteiger partial charge on any atom is -0.298 e. The highest BCUT2D eigenvalue weighted by atomic mass is 16.1. The van der Waals surface area contributed by atoms with E-state index in [1.165, 1.54) is 0 Å². The molecule has 0 radical (unpaired) electrons. The first-order valence-corrected chi connectivity index (χ1v) is 11.7. The van der Waals surface area contributed by atoms with E-state index in [0.717, 1.165) is 39.9 Å². The smallest absolute Gasteiger partial charge is 0.165 e. The lowest BCUT2D eigenvalue weighted by Gasteiger charge is -2.37. The number of aldehydes is 1. The molecular formula is C31H22N4O. The lowest BCUT2D eigenvalue weighted by atomic mass is 9.76. The Morgan fingerprint density at radius 1 is 0.611 bits per heavy atom. The zero-order chi connectivity index (χ0) is 24.4. The third-order valence-electron chi connectivity index (χ3n) is 6.59. The van der Waals surface area contributed by atoms with Gasteiger partial charge in [-0.1, -0.05) is 115 Å². The minimum atomic E-state index is -0.717. The van der Waals surface area contributed by atoms with Gasteiger partial charge in [0.1, 0.15) is 29.4 Å². The quantitative estimate of drug-likeness (QED) is 0.218. The average molecular weight is 467 g/mol. The van der Waals surface area contributed by atoms with Gasteiger partial charge in [-0.25, -0.2) is 15.0 Å². The lowest BCUT2D eigenvalue weighted by molar-refractivity contribution is 0.112. The van der Waals surface area contributed by atoms with Crippen molar-refractivity contribution in [1.29, 1.82) is 0 Å². The Bertz CT molecular complexity index is 1530. The van der Waals surface area contributed by atoms with Crippen LogP contribution in [-0.4, -0.2) is 25.8 Å². The van der Waals surface area contributed by atoms with Crippen molar-refractivity contribution in [3.63, 3.8) is 0 Å². The van der Waals surface area contributed by atoms with Gasteiger partial charge in [-0.15, -0.1) is 0 Å². The summed E-state index contributed by atoms with van der Waals surface area (Å²) in [5.41, 5.74) is 6.20. The number of fused-ring (bicyclic) bond motifs is 1. The van der Waals surface area contributed by atoms with Crippen molar-refractivity contribution in [1.82, 2.24) is 19.5 Å². The lowest BCUT2D eigenvalue weighted by Crippen LogP contribution is -2.37. The topological polar surface area (TPSA) is 60.7 Å². The van der Waals surface area contributed by atoms with E-state index in [4.69, 9.17) is 9.97 Å². The predicted octanol–water partition coefficient (Wildman–Crippen LogP) is 6.15. The second-order valence-corrected chi connectivity index (χ2v) is 8.56. The summed E-state index contributed by atoms with van der Waals surface area (Å²) in [6.45, 7) is 0. The second kappa shape index (κ2) is 9.04. The molecule has 0 spiro atoms. The van der Waals surface area contributed by atoms with Crippen LogP contribution >= 0.6 is 0 Å². The molecule has 4 aromatic carbocycles. The molecule has 0 aliphatic rings. The summed E-state index contributed by atoms with van der Waals surface area (Å²) in [6, 6.07) is 38.7. The van der Waals surface area contributed by atoms with Crippen molar-refractivity contribution in [3.05, 3.63) is 150 Å². The largest absolute Gasteiger partial charge is 0.298 e. The summed E-state index contributed by atoms with van der Waals surface area (Å²) in [5, 5.41) is 0. The molecule has 5 nitrogen and oxygen atoms in total. The number of hydrogen-bond acceptors (Lipinski definition) is 4. The summed E-state index contributed by atoms with van der Waals surface area (Å²) >= 11 is 0. The molecule has 0 bridgehead atoms. The van der Waals surface area contributed by atoms with Crippen LogP contribution in [0.25, 0.3) is 22.4 Å². The number of carbonyl (C=O) groups is 1. The molecule has 0 aliphatic heterocycles. The highest BCUT2D eigenvalue weighted by molar-refractivity contribution is 5.88. The molecule has 5 heteroatoms. The third kappa shape index (κ3) is 3.41. The van der Waals surface area contributed by atoms with Gasteiger partial charge < -0.3 is 0 Å². The average Bonchev–Trinajstić information content (AvgIpc) is 3.40. The van der Waals surface area contributed by atoms with E-state index < -0.39 is 5.54 Å². The normalized spacial score (nSPS) is 11.4. The highest BCUT2D eigenvalue weighted by Crippen LogP contribution is 2.42. The molecule has 172 valence electrons.